The zero-order chi connectivity index (χ0) is 9.26. The molecule has 2 bridgehead atoms. The van der Waals surface area contributed by atoms with Crippen LogP contribution in [0.5, 0.6) is 0 Å². The van der Waals surface area contributed by atoms with Crippen LogP contribution in [0.2, 0.25) is 0 Å². The van der Waals surface area contributed by atoms with Gasteiger partial charge < -0.3 is 0 Å². The average molecular weight is 198 g/mol. The summed E-state index contributed by atoms with van der Waals surface area (Å²) >= 11 is 1.57. The van der Waals surface area contributed by atoms with E-state index in [2.05, 4.69) is 6.92 Å². The molecule has 74 valence electrons. The zero-order valence-corrected chi connectivity index (χ0v) is 9.11. The number of thioether (sulfide) groups is 1. The van der Waals surface area contributed by atoms with Crippen LogP contribution in [-0.2, 0) is 4.79 Å². The Hall–Kier alpha value is 0.0200. The van der Waals surface area contributed by atoms with Crippen LogP contribution in [0.4, 0.5) is 0 Å². The molecule has 1 nitrogen and oxygen atoms in total. The minimum atomic E-state index is 0.440. The van der Waals surface area contributed by atoms with Crippen molar-refractivity contribution in [2.75, 3.05) is 5.75 Å². The first kappa shape index (κ1) is 9.57. The summed E-state index contributed by atoms with van der Waals surface area (Å²) in [6.45, 7) is 2.14. The average Bonchev–Trinajstić information content (AvgIpc) is 2.74. The highest BCUT2D eigenvalue weighted by atomic mass is 32.2. The molecule has 2 aliphatic carbocycles. The molecule has 3 atom stereocenters. The fraction of sp³-hybridized carbons (Fsp3) is 0.909. The second kappa shape index (κ2) is 4.04. The van der Waals surface area contributed by atoms with Crippen molar-refractivity contribution >= 4 is 16.9 Å². The van der Waals surface area contributed by atoms with E-state index in [1.165, 1.54) is 25.7 Å². The first-order valence-corrected chi connectivity index (χ1v) is 6.46. The van der Waals surface area contributed by atoms with Crippen LogP contribution in [0, 0.1) is 17.8 Å². The van der Waals surface area contributed by atoms with Crippen molar-refractivity contribution in [3.63, 3.8) is 0 Å². The second-order valence-electron chi connectivity index (χ2n) is 4.45. The van der Waals surface area contributed by atoms with Gasteiger partial charge in [-0.3, -0.25) is 4.79 Å². The maximum Gasteiger partial charge on any atom is 0.192 e. The quantitative estimate of drug-likeness (QED) is 0.693. The number of carbonyl (C=O) groups is 1. The summed E-state index contributed by atoms with van der Waals surface area (Å²) in [6, 6.07) is 0. The van der Waals surface area contributed by atoms with Crippen molar-refractivity contribution in [2.24, 2.45) is 17.8 Å². The van der Waals surface area contributed by atoms with E-state index in [9.17, 15) is 4.79 Å². The molecule has 0 spiro atoms. The van der Waals surface area contributed by atoms with Crippen molar-refractivity contribution in [1.29, 1.82) is 0 Å². The lowest BCUT2D eigenvalue weighted by Gasteiger charge is -2.19. The monoisotopic (exact) mass is 198 g/mol. The Kier molecular flexibility index (Phi) is 2.97. The fourth-order valence-corrected chi connectivity index (χ4v) is 3.75. The van der Waals surface area contributed by atoms with Crippen LogP contribution >= 0.6 is 11.8 Å². The van der Waals surface area contributed by atoms with Crippen molar-refractivity contribution < 1.29 is 4.79 Å². The van der Waals surface area contributed by atoms with Gasteiger partial charge in [0.05, 0.1) is 0 Å². The summed E-state index contributed by atoms with van der Waals surface area (Å²) in [4.78, 5) is 11.8. The van der Waals surface area contributed by atoms with Gasteiger partial charge in [-0.15, -0.1) is 0 Å². The lowest BCUT2D eigenvalue weighted by atomic mass is 9.90. The molecule has 0 aromatic carbocycles. The van der Waals surface area contributed by atoms with Crippen molar-refractivity contribution in [1.82, 2.24) is 0 Å². The molecule has 0 aromatic rings. The van der Waals surface area contributed by atoms with Gasteiger partial charge >= 0.3 is 0 Å². The van der Waals surface area contributed by atoms with E-state index in [4.69, 9.17) is 0 Å². The van der Waals surface area contributed by atoms with E-state index in [0.29, 0.717) is 11.0 Å². The summed E-state index contributed by atoms with van der Waals surface area (Å²) < 4.78 is 0. The zero-order valence-electron chi connectivity index (χ0n) is 8.29. The highest BCUT2D eigenvalue weighted by Crippen LogP contribution is 2.49. The molecule has 2 heteroatoms. The third-order valence-electron chi connectivity index (χ3n) is 3.49. The highest BCUT2D eigenvalue weighted by molar-refractivity contribution is 8.13. The van der Waals surface area contributed by atoms with Gasteiger partial charge in [0.2, 0.25) is 0 Å². The smallest absolute Gasteiger partial charge is 0.192 e. The maximum atomic E-state index is 11.8. The molecule has 0 amide bonds. The Morgan fingerprint density at radius 2 is 2.23 bits per heavy atom. The molecule has 2 aliphatic rings. The van der Waals surface area contributed by atoms with Crippen LogP contribution in [0.1, 0.15) is 39.0 Å². The number of fused-ring (bicyclic) bond motifs is 2. The van der Waals surface area contributed by atoms with Gasteiger partial charge in [-0.2, -0.15) is 0 Å². The van der Waals surface area contributed by atoms with Crippen molar-refractivity contribution in [3.05, 3.63) is 0 Å². The number of hydrogen-bond donors (Lipinski definition) is 0. The molecular formula is C11H18OS. The Balaban J connectivity index is 1.84. The first-order valence-electron chi connectivity index (χ1n) is 5.48. The molecule has 2 saturated carbocycles. The van der Waals surface area contributed by atoms with E-state index in [0.717, 1.165) is 24.0 Å². The lowest BCUT2D eigenvalue weighted by Crippen LogP contribution is -2.18. The molecule has 2 fully saturated rings. The van der Waals surface area contributed by atoms with Gasteiger partial charge in [0.1, 0.15) is 0 Å². The number of carbonyl (C=O) groups excluding carboxylic acids is 1. The van der Waals surface area contributed by atoms with Crippen molar-refractivity contribution in [2.45, 2.75) is 39.0 Å². The van der Waals surface area contributed by atoms with E-state index in [1.807, 2.05) is 0 Å². The minimum Gasteiger partial charge on any atom is -0.287 e. The molecule has 0 aromatic heterocycles. The Bertz CT molecular complexity index is 202. The van der Waals surface area contributed by atoms with Crippen LogP contribution in [-0.4, -0.2) is 10.9 Å². The lowest BCUT2D eigenvalue weighted by molar-refractivity contribution is -0.115. The highest BCUT2D eigenvalue weighted by Gasteiger charge is 2.42. The fourth-order valence-electron chi connectivity index (χ4n) is 2.84. The predicted octanol–water partition coefficient (Wildman–Crippen LogP) is 3.09. The molecule has 2 rings (SSSR count). The van der Waals surface area contributed by atoms with Gasteiger partial charge in [0, 0.05) is 11.7 Å². The summed E-state index contributed by atoms with van der Waals surface area (Å²) in [6.07, 6.45) is 6.40. The van der Waals surface area contributed by atoms with Crippen LogP contribution in [0.15, 0.2) is 0 Å². The van der Waals surface area contributed by atoms with E-state index >= 15 is 0 Å². The molecule has 0 N–H and O–H groups in total. The number of rotatable bonds is 3. The van der Waals surface area contributed by atoms with E-state index < -0.39 is 0 Å². The first-order chi connectivity index (χ1) is 6.31. The molecule has 0 radical (unpaired) electrons. The SMILES string of the molecule is CCCSC(=O)C1CC2CCC1C2. The van der Waals surface area contributed by atoms with Gasteiger partial charge in [0.15, 0.2) is 5.12 Å². The summed E-state index contributed by atoms with van der Waals surface area (Å²) in [5, 5.41) is 0.494. The third-order valence-corrected chi connectivity index (χ3v) is 4.69. The Morgan fingerprint density at radius 3 is 2.77 bits per heavy atom. The van der Waals surface area contributed by atoms with Crippen LogP contribution in [0.3, 0.4) is 0 Å². The maximum absolute atomic E-state index is 11.8. The predicted molar refractivity (Wildman–Crippen MR) is 56.7 cm³/mol. The summed E-state index contributed by atoms with van der Waals surface area (Å²) in [7, 11) is 0. The number of hydrogen-bond acceptors (Lipinski definition) is 2. The van der Waals surface area contributed by atoms with Crippen molar-refractivity contribution in [3.8, 4) is 0 Å². The molecule has 13 heavy (non-hydrogen) atoms. The summed E-state index contributed by atoms with van der Waals surface area (Å²) in [5.74, 6) is 3.13. The standard InChI is InChI=1S/C11H18OS/c1-2-5-13-11(12)10-7-8-3-4-9(10)6-8/h8-10H,2-7H2,1H3. The normalized spacial score (nSPS) is 36.8. The van der Waals surface area contributed by atoms with E-state index in [1.54, 1.807) is 11.8 Å². The van der Waals surface area contributed by atoms with Crippen LogP contribution in [0.25, 0.3) is 0 Å². The minimum absolute atomic E-state index is 0.440. The van der Waals surface area contributed by atoms with Gasteiger partial charge in [-0.05, 0) is 37.5 Å². The molecule has 3 unspecified atom stereocenters. The Labute approximate surface area is 84.7 Å². The molecular weight excluding hydrogens is 180 g/mol. The summed E-state index contributed by atoms with van der Waals surface area (Å²) in [5.41, 5.74) is 0. The van der Waals surface area contributed by atoms with Gasteiger partial charge in [0.25, 0.3) is 0 Å². The van der Waals surface area contributed by atoms with E-state index in [-0.39, 0.29) is 0 Å². The molecule has 0 heterocycles. The van der Waals surface area contributed by atoms with Gasteiger partial charge in [-0.1, -0.05) is 25.1 Å². The largest absolute Gasteiger partial charge is 0.287 e. The molecule has 0 aliphatic heterocycles. The topological polar surface area (TPSA) is 17.1 Å². The van der Waals surface area contributed by atoms with Crippen LogP contribution < -0.4 is 0 Å². The third kappa shape index (κ3) is 1.93. The second-order valence-corrected chi connectivity index (χ2v) is 5.55. The van der Waals surface area contributed by atoms with Gasteiger partial charge in [-0.25, -0.2) is 0 Å². The molecule has 0 saturated heterocycles. The Morgan fingerprint density at radius 1 is 1.38 bits per heavy atom.